The van der Waals surface area contributed by atoms with E-state index in [4.69, 9.17) is 21.1 Å². The zero-order valence-electron chi connectivity index (χ0n) is 14.0. The molecule has 0 saturated heterocycles. The summed E-state index contributed by atoms with van der Waals surface area (Å²) in [5.41, 5.74) is 1.05. The molecule has 2 aromatic rings. The molecule has 0 fully saturated rings. The SMILES string of the molecule is CCOc1ccc(OCC)c(NS(=O)(=O)/C=C/c2ccc(Cl)cc2)c1. The number of nitrogens with one attached hydrogen (secondary N) is 1. The molecule has 0 heterocycles. The summed E-state index contributed by atoms with van der Waals surface area (Å²) < 4.78 is 38.1. The predicted octanol–water partition coefficient (Wildman–Crippen LogP) is 4.55. The van der Waals surface area contributed by atoms with Crippen molar-refractivity contribution in [3.8, 4) is 11.5 Å². The summed E-state index contributed by atoms with van der Waals surface area (Å²) in [6.45, 7) is 4.59. The Morgan fingerprint density at radius 2 is 1.72 bits per heavy atom. The normalized spacial score (nSPS) is 11.5. The minimum absolute atomic E-state index is 0.327. The third-order valence-corrected chi connectivity index (χ3v) is 4.37. The smallest absolute Gasteiger partial charge is 0.255 e. The van der Waals surface area contributed by atoms with Crippen molar-refractivity contribution in [3.05, 3.63) is 58.5 Å². The fraction of sp³-hybridized carbons (Fsp3) is 0.222. The summed E-state index contributed by atoms with van der Waals surface area (Å²) in [5, 5.41) is 1.69. The van der Waals surface area contributed by atoms with Gasteiger partial charge in [-0.2, -0.15) is 0 Å². The zero-order valence-corrected chi connectivity index (χ0v) is 15.6. The first-order valence-electron chi connectivity index (χ1n) is 7.79. The molecule has 0 saturated carbocycles. The van der Waals surface area contributed by atoms with Gasteiger partial charge in [-0.3, -0.25) is 4.72 Å². The number of rotatable bonds is 8. The van der Waals surface area contributed by atoms with Crippen molar-refractivity contribution in [2.24, 2.45) is 0 Å². The van der Waals surface area contributed by atoms with Gasteiger partial charge in [0.25, 0.3) is 10.0 Å². The Morgan fingerprint density at radius 3 is 2.36 bits per heavy atom. The second-order valence-corrected chi connectivity index (χ2v) is 7.03. The number of anilines is 1. The molecule has 0 aliphatic rings. The maximum absolute atomic E-state index is 12.3. The second-order valence-electron chi connectivity index (χ2n) is 5.03. The van der Waals surface area contributed by atoms with Gasteiger partial charge in [0, 0.05) is 11.1 Å². The Hall–Kier alpha value is -2.18. The average Bonchev–Trinajstić information content (AvgIpc) is 2.57. The molecule has 0 bridgehead atoms. The molecule has 0 spiro atoms. The molecule has 0 radical (unpaired) electrons. The van der Waals surface area contributed by atoms with Crippen molar-refractivity contribution in [3.63, 3.8) is 0 Å². The summed E-state index contributed by atoms with van der Waals surface area (Å²) in [6.07, 6.45) is 1.49. The number of ether oxygens (including phenoxy) is 2. The van der Waals surface area contributed by atoms with E-state index in [9.17, 15) is 8.42 Å². The molecule has 134 valence electrons. The molecular weight excluding hydrogens is 362 g/mol. The molecule has 0 aliphatic heterocycles. The van der Waals surface area contributed by atoms with Gasteiger partial charge in [0.1, 0.15) is 11.5 Å². The summed E-state index contributed by atoms with van der Waals surface area (Å²) in [6, 6.07) is 11.9. The number of halogens is 1. The van der Waals surface area contributed by atoms with Crippen molar-refractivity contribution >= 4 is 33.4 Å². The molecule has 5 nitrogen and oxygen atoms in total. The number of hydrogen-bond acceptors (Lipinski definition) is 4. The maximum Gasteiger partial charge on any atom is 0.255 e. The standard InChI is InChI=1S/C18H20ClNO4S/c1-3-23-16-9-10-18(24-4-2)17(13-16)20-25(21,22)12-11-14-5-7-15(19)8-6-14/h5-13,20H,3-4H2,1-2H3/b12-11+. The average molecular weight is 382 g/mol. The molecule has 0 aromatic heterocycles. The van der Waals surface area contributed by atoms with E-state index >= 15 is 0 Å². The van der Waals surface area contributed by atoms with Gasteiger partial charge in [-0.1, -0.05) is 23.7 Å². The van der Waals surface area contributed by atoms with Gasteiger partial charge in [-0.15, -0.1) is 0 Å². The van der Waals surface area contributed by atoms with Gasteiger partial charge in [-0.25, -0.2) is 8.42 Å². The van der Waals surface area contributed by atoms with Crippen LogP contribution in [0.4, 0.5) is 5.69 Å². The van der Waals surface area contributed by atoms with E-state index in [0.29, 0.717) is 35.4 Å². The minimum Gasteiger partial charge on any atom is -0.494 e. The molecule has 0 amide bonds. The van der Waals surface area contributed by atoms with Crippen molar-refractivity contribution in [1.29, 1.82) is 0 Å². The van der Waals surface area contributed by atoms with E-state index in [1.807, 2.05) is 13.8 Å². The van der Waals surface area contributed by atoms with E-state index < -0.39 is 10.0 Å². The topological polar surface area (TPSA) is 64.6 Å². The monoisotopic (exact) mass is 381 g/mol. The van der Waals surface area contributed by atoms with Crippen molar-refractivity contribution < 1.29 is 17.9 Å². The van der Waals surface area contributed by atoms with Crippen LogP contribution in [0.15, 0.2) is 47.9 Å². The van der Waals surface area contributed by atoms with Crippen LogP contribution in [0.3, 0.4) is 0 Å². The van der Waals surface area contributed by atoms with E-state index in [1.54, 1.807) is 42.5 Å². The van der Waals surface area contributed by atoms with Gasteiger partial charge in [0.05, 0.1) is 24.3 Å². The molecule has 0 unspecified atom stereocenters. The lowest BCUT2D eigenvalue weighted by Gasteiger charge is -2.13. The Labute approximate surface area is 153 Å². The third-order valence-electron chi connectivity index (χ3n) is 3.12. The largest absolute Gasteiger partial charge is 0.494 e. The van der Waals surface area contributed by atoms with Crippen molar-refractivity contribution in [2.45, 2.75) is 13.8 Å². The third kappa shape index (κ3) is 5.99. The molecule has 1 N–H and O–H groups in total. The van der Waals surface area contributed by atoms with E-state index in [2.05, 4.69) is 4.72 Å². The Morgan fingerprint density at radius 1 is 1.04 bits per heavy atom. The minimum atomic E-state index is -3.71. The van der Waals surface area contributed by atoms with Gasteiger partial charge in [0.15, 0.2) is 0 Å². The van der Waals surface area contributed by atoms with Crippen LogP contribution in [0.5, 0.6) is 11.5 Å². The van der Waals surface area contributed by atoms with E-state index in [1.165, 1.54) is 6.08 Å². The van der Waals surface area contributed by atoms with Crippen molar-refractivity contribution in [2.75, 3.05) is 17.9 Å². The quantitative estimate of drug-likeness (QED) is 0.728. The first-order chi connectivity index (χ1) is 11.9. The van der Waals surface area contributed by atoms with Crippen LogP contribution >= 0.6 is 11.6 Å². The van der Waals surface area contributed by atoms with Crippen LogP contribution in [0.1, 0.15) is 19.4 Å². The number of hydrogen-bond donors (Lipinski definition) is 1. The van der Waals surface area contributed by atoms with Crippen LogP contribution in [-0.2, 0) is 10.0 Å². The maximum atomic E-state index is 12.3. The number of sulfonamides is 1. The lowest BCUT2D eigenvalue weighted by atomic mass is 10.2. The molecule has 25 heavy (non-hydrogen) atoms. The molecule has 7 heteroatoms. The molecule has 0 aliphatic carbocycles. The van der Waals surface area contributed by atoms with E-state index in [0.717, 1.165) is 11.0 Å². The predicted molar refractivity (Wildman–Crippen MR) is 102 cm³/mol. The fourth-order valence-corrected chi connectivity index (χ4v) is 3.05. The van der Waals surface area contributed by atoms with E-state index in [-0.39, 0.29) is 0 Å². The summed E-state index contributed by atoms with van der Waals surface area (Å²) >= 11 is 5.82. The lowest BCUT2D eigenvalue weighted by Crippen LogP contribution is -2.10. The first kappa shape index (κ1) is 19.1. The highest BCUT2D eigenvalue weighted by Gasteiger charge is 2.12. The van der Waals surface area contributed by atoms with Gasteiger partial charge in [-0.05, 0) is 49.8 Å². The second kappa shape index (κ2) is 8.78. The van der Waals surface area contributed by atoms with Crippen LogP contribution < -0.4 is 14.2 Å². The summed E-state index contributed by atoms with van der Waals surface area (Å²) in [5.74, 6) is 1.000. The molecular formula is C18H20ClNO4S. The molecule has 2 rings (SSSR count). The Kier molecular flexibility index (Phi) is 6.73. The lowest BCUT2D eigenvalue weighted by molar-refractivity contribution is 0.332. The highest BCUT2D eigenvalue weighted by atomic mass is 35.5. The van der Waals surface area contributed by atoms with Gasteiger partial charge < -0.3 is 9.47 Å². The Balaban J connectivity index is 2.23. The van der Waals surface area contributed by atoms with Gasteiger partial charge >= 0.3 is 0 Å². The number of benzene rings is 2. The summed E-state index contributed by atoms with van der Waals surface area (Å²) in [4.78, 5) is 0. The van der Waals surface area contributed by atoms with Crippen LogP contribution in [0.2, 0.25) is 5.02 Å². The Bertz CT molecular complexity index is 833. The van der Waals surface area contributed by atoms with Crippen LogP contribution in [0.25, 0.3) is 6.08 Å². The first-order valence-corrected chi connectivity index (χ1v) is 9.72. The van der Waals surface area contributed by atoms with Gasteiger partial charge in [0.2, 0.25) is 0 Å². The van der Waals surface area contributed by atoms with Crippen LogP contribution in [0, 0.1) is 0 Å². The van der Waals surface area contributed by atoms with Crippen LogP contribution in [-0.4, -0.2) is 21.6 Å². The highest BCUT2D eigenvalue weighted by molar-refractivity contribution is 7.95. The fourth-order valence-electron chi connectivity index (χ4n) is 2.06. The highest BCUT2D eigenvalue weighted by Crippen LogP contribution is 2.30. The summed E-state index contributed by atoms with van der Waals surface area (Å²) in [7, 11) is -3.71. The van der Waals surface area contributed by atoms with Crippen molar-refractivity contribution in [1.82, 2.24) is 0 Å². The molecule has 2 aromatic carbocycles. The zero-order chi connectivity index (χ0) is 18.3. The molecule has 0 atom stereocenters.